The smallest absolute Gasteiger partial charge is 0.230 e. The largest absolute Gasteiger partial charge is 0.352 e. The third-order valence-corrected chi connectivity index (χ3v) is 8.14. The molecule has 1 saturated carbocycles. The lowest BCUT2D eigenvalue weighted by Gasteiger charge is -2.34. The van der Waals surface area contributed by atoms with Gasteiger partial charge in [0.2, 0.25) is 5.91 Å². The number of piperidine rings is 1. The van der Waals surface area contributed by atoms with Gasteiger partial charge in [0, 0.05) is 6.04 Å². The highest BCUT2D eigenvalue weighted by molar-refractivity contribution is 7.99. The minimum Gasteiger partial charge on any atom is -0.352 e. The Bertz CT molecular complexity index is 864. The van der Waals surface area contributed by atoms with E-state index in [1.165, 1.54) is 49.4 Å². The molecule has 6 nitrogen and oxygen atoms in total. The van der Waals surface area contributed by atoms with Crippen LogP contribution in [0, 0.1) is 11.8 Å². The van der Waals surface area contributed by atoms with Crippen molar-refractivity contribution in [1.82, 2.24) is 25.0 Å². The Kier molecular flexibility index (Phi) is 8.25. The van der Waals surface area contributed by atoms with Crippen LogP contribution < -0.4 is 5.32 Å². The third-order valence-electron chi connectivity index (χ3n) is 7.18. The number of nitrogens with one attached hydrogen (secondary N) is 1. The highest BCUT2D eigenvalue weighted by Gasteiger charge is 2.28. The summed E-state index contributed by atoms with van der Waals surface area (Å²) in [4.78, 5) is 15.2. The van der Waals surface area contributed by atoms with Crippen molar-refractivity contribution in [3.05, 3.63) is 41.7 Å². The molecular weight excluding hydrogens is 418 g/mol. The number of hydrogen-bond acceptors (Lipinski definition) is 5. The fourth-order valence-corrected chi connectivity index (χ4v) is 5.72. The van der Waals surface area contributed by atoms with Gasteiger partial charge in [0.15, 0.2) is 5.16 Å². The van der Waals surface area contributed by atoms with E-state index in [1.54, 1.807) is 0 Å². The molecule has 174 valence electrons. The van der Waals surface area contributed by atoms with Crippen molar-refractivity contribution in [2.24, 2.45) is 11.8 Å². The first-order valence-corrected chi connectivity index (χ1v) is 13.2. The summed E-state index contributed by atoms with van der Waals surface area (Å²) in [5.74, 6) is 2.69. The molecule has 1 aliphatic heterocycles. The predicted octanol–water partition coefficient (Wildman–Crippen LogP) is 4.35. The van der Waals surface area contributed by atoms with Gasteiger partial charge >= 0.3 is 0 Å². The lowest BCUT2D eigenvalue weighted by molar-refractivity contribution is -0.120. The lowest BCUT2D eigenvalue weighted by Crippen LogP contribution is -2.44. The van der Waals surface area contributed by atoms with Gasteiger partial charge in [0.05, 0.1) is 18.8 Å². The van der Waals surface area contributed by atoms with Crippen molar-refractivity contribution in [2.75, 3.05) is 18.8 Å². The molecule has 2 aliphatic rings. The van der Waals surface area contributed by atoms with Crippen LogP contribution in [0.1, 0.15) is 63.8 Å². The normalized spacial score (nSPS) is 24.4. The summed E-state index contributed by atoms with van der Waals surface area (Å²) in [6.07, 6.45) is 7.40. The predicted molar refractivity (Wildman–Crippen MR) is 130 cm³/mol. The second kappa shape index (κ2) is 11.3. The Balaban J connectivity index is 1.42. The molecule has 3 atom stereocenters. The molecule has 32 heavy (non-hydrogen) atoms. The zero-order valence-electron chi connectivity index (χ0n) is 19.5. The van der Waals surface area contributed by atoms with Crippen molar-refractivity contribution in [2.45, 2.75) is 76.7 Å². The van der Waals surface area contributed by atoms with Gasteiger partial charge in [-0.2, -0.15) is 0 Å². The van der Waals surface area contributed by atoms with E-state index in [-0.39, 0.29) is 5.91 Å². The maximum Gasteiger partial charge on any atom is 0.230 e. The molecular formula is C25H37N5OS. The molecule has 1 N–H and O–H groups in total. The number of carbonyl (C=O) groups excluding carboxylic acids is 1. The molecule has 4 rings (SSSR count). The van der Waals surface area contributed by atoms with Gasteiger partial charge in [-0.15, -0.1) is 10.2 Å². The fraction of sp³-hybridized carbons (Fsp3) is 0.640. The summed E-state index contributed by atoms with van der Waals surface area (Å²) in [7, 11) is 0. The van der Waals surface area contributed by atoms with Crippen LogP contribution in [0.15, 0.2) is 35.5 Å². The van der Waals surface area contributed by atoms with Gasteiger partial charge in [0.1, 0.15) is 5.82 Å². The maximum absolute atomic E-state index is 12.7. The molecule has 0 spiro atoms. The molecule has 1 amide bonds. The molecule has 1 aliphatic carbocycles. The highest BCUT2D eigenvalue weighted by atomic mass is 32.2. The maximum atomic E-state index is 12.7. The van der Waals surface area contributed by atoms with Crippen LogP contribution in [0.2, 0.25) is 0 Å². The minimum absolute atomic E-state index is 0.104. The van der Waals surface area contributed by atoms with Crippen LogP contribution in [0.3, 0.4) is 0 Å². The second-order valence-corrected chi connectivity index (χ2v) is 10.5. The van der Waals surface area contributed by atoms with Crippen molar-refractivity contribution < 1.29 is 4.79 Å². The fourth-order valence-electron chi connectivity index (χ4n) is 4.95. The first-order valence-electron chi connectivity index (χ1n) is 12.2. The topological polar surface area (TPSA) is 63.1 Å². The molecule has 0 bridgehead atoms. The van der Waals surface area contributed by atoms with Crippen LogP contribution in [-0.4, -0.2) is 50.5 Å². The average molecular weight is 456 g/mol. The van der Waals surface area contributed by atoms with Crippen LogP contribution in [0.5, 0.6) is 0 Å². The Hall–Kier alpha value is -1.86. The highest BCUT2D eigenvalue weighted by Crippen LogP contribution is 2.29. The van der Waals surface area contributed by atoms with Crippen LogP contribution in [0.4, 0.5) is 0 Å². The monoisotopic (exact) mass is 455 g/mol. The number of rotatable bonds is 8. The quantitative estimate of drug-likeness (QED) is 0.600. The summed E-state index contributed by atoms with van der Waals surface area (Å²) in [5, 5.41) is 13.2. The standard InChI is InChI=1S/C25H37N5OS/c1-19-10-9-13-22(20(19)2)26-24(31)18-32-25-28-27-23(17-29-14-7-4-8-15-29)30(25)16-21-11-5-3-6-12-21/h3,5-6,11-12,19-20,22H,4,7-10,13-18H2,1-2H3,(H,26,31). The van der Waals surface area contributed by atoms with Gasteiger partial charge in [-0.1, -0.05) is 75.2 Å². The van der Waals surface area contributed by atoms with Crippen LogP contribution in [0.25, 0.3) is 0 Å². The Morgan fingerprint density at radius 2 is 1.81 bits per heavy atom. The van der Waals surface area contributed by atoms with E-state index >= 15 is 0 Å². The Morgan fingerprint density at radius 1 is 1.03 bits per heavy atom. The van der Waals surface area contributed by atoms with Gasteiger partial charge in [-0.05, 0) is 49.8 Å². The summed E-state index contributed by atoms with van der Waals surface area (Å²) >= 11 is 1.51. The second-order valence-electron chi connectivity index (χ2n) is 9.54. The van der Waals surface area contributed by atoms with Gasteiger partial charge in [0.25, 0.3) is 0 Å². The molecule has 2 heterocycles. The third kappa shape index (κ3) is 6.13. The molecule has 1 aromatic heterocycles. The van der Waals surface area contributed by atoms with E-state index in [9.17, 15) is 4.79 Å². The van der Waals surface area contributed by atoms with E-state index in [1.807, 2.05) is 6.07 Å². The number of thioether (sulfide) groups is 1. The van der Waals surface area contributed by atoms with E-state index in [4.69, 9.17) is 0 Å². The first kappa shape index (κ1) is 23.3. The number of aromatic nitrogens is 3. The van der Waals surface area contributed by atoms with Gasteiger partial charge in [-0.25, -0.2) is 0 Å². The van der Waals surface area contributed by atoms with Crippen molar-refractivity contribution in [3.63, 3.8) is 0 Å². The number of carbonyl (C=O) groups is 1. The van der Waals surface area contributed by atoms with Crippen LogP contribution in [-0.2, 0) is 17.9 Å². The molecule has 1 saturated heterocycles. The van der Waals surface area contributed by atoms with E-state index in [0.717, 1.165) is 43.6 Å². The van der Waals surface area contributed by atoms with E-state index in [0.29, 0.717) is 23.6 Å². The van der Waals surface area contributed by atoms with Crippen molar-refractivity contribution in [3.8, 4) is 0 Å². The lowest BCUT2D eigenvalue weighted by atomic mass is 9.78. The van der Waals surface area contributed by atoms with Gasteiger partial charge in [-0.3, -0.25) is 9.69 Å². The number of benzene rings is 1. The minimum atomic E-state index is 0.104. The number of likely N-dealkylation sites (tertiary alicyclic amines) is 1. The Labute approximate surface area is 196 Å². The van der Waals surface area contributed by atoms with E-state index in [2.05, 4.69) is 63.1 Å². The average Bonchev–Trinajstić information content (AvgIpc) is 3.18. The molecule has 2 fully saturated rings. The summed E-state index contributed by atoms with van der Waals surface area (Å²) in [6.45, 7) is 8.38. The molecule has 3 unspecified atom stereocenters. The first-order chi connectivity index (χ1) is 15.6. The molecule has 1 aromatic carbocycles. The summed E-state index contributed by atoms with van der Waals surface area (Å²) in [6, 6.07) is 10.7. The SMILES string of the molecule is CC1CCCC(NC(=O)CSc2nnc(CN3CCCCC3)n2Cc2ccccc2)C1C. The molecule has 7 heteroatoms. The van der Waals surface area contributed by atoms with Crippen molar-refractivity contribution in [1.29, 1.82) is 0 Å². The van der Waals surface area contributed by atoms with Gasteiger partial charge < -0.3 is 9.88 Å². The molecule has 2 aromatic rings. The number of amides is 1. The van der Waals surface area contributed by atoms with Crippen LogP contribution >= 0.6 is 11.8 Å². The number of hydrogen-bond donors (Lipinski definition) is 1. The number of nitrogens with zero attached hydrogens (tertiary/aromatic N) is 4. The van der Waals surface area contributed by atoms with Crippen molar-refractivity contribution >= 4 is 17.7 Å². The summed E-state index contributed by atoms with van der Waals surface area (Å²) in [5.41, 5.74) is 1.23. The summed E-state index contributed by atoms with van der Waals surface area (Å²) < 4.78 is 2.20. The van der Waals surface area contributed by atoms with E-state index < -0.39 is 0 Å². The zero-order valence-corrected chi connectivity index (χ0v) is 20.3. The molecule has 0 radical (unpaired) electrons. The Morgan fingerprint density at radius 3 is 2.59 bits per heavy atom. The zero-order chi connectivity index (χ0) is 22.3.